The highest BCUT2D eigenvalue weighted by Gasteiger charge is 2.08. The zero-order chi connectivity index (χ0) is 13.0. The van der Waals surface area contributed by atoms with Gasteiger partial charge in [0.1, 0.15) is 16.4 Å². The number of thiocarbonyl (C=S) groups is 1. The van der Waals surface area contributed by atoms with Crippen LogP contribution >= 0.6 is 12.2 Å². The predicted octanol–water partition coefficient (Wildman–Crippen LogP) is 3.07. The van der Waals surface area contributed by atoms with Gasteiger partial charge >= 0.3 is 0 Å². The molecule has 0 bridgehead atoms. The van der Waals surface area contributed by atoms with Gasteiger partial charge in [0.25, 0.3) is 0 Å². The Bertz CT molecular complexity index is 569. The van der Waals surface area contributed by atoms with Gasteiger partial charge in [0.05, 0.1) is 0 Å². The van der Waals surface area contributed by atoms with Crippen molar-refractivity contribution in [2.75, 3.05) is 0 Å². The molecule has 0 atom stereocenters. The zero-order valence-corrected chi connectivity index (χ0v) is 10.9. The number of hydrogen-bond acceptors (Lipinski definition) is 3. The van der Waals surface area contributed by atoms with Crippen LogP contribution in [0.15, 0.2) is 42.6 Å². The monoisotopic (exact) mass is 258 g/mol. The highest BCUT2D eigenvalue weighted by Crippen LogP contribution is 2.24. The van der Waals surface area contributed by atoms with E-state index < -0.39 is 0 Å². The summed E-state index contributed by atoms with van der Waals surface area (Å²) in [5, 5.41) is 0. The van der Waals surface area contributed by atoms with Crippen LogP contribution in [0.3, 0.4) is 0 Å². The van der Waals surface area contributed by atoms with E-state index >= 15 is 0 Å². The molecule has 0 aliphatic rings. The van der Waals surface area contributed by atoms with Crippen LogP contribution in [0.25, 0.3) is 0 Å². The zero-order valence-electron chi connectivity index (χ0n) is 10.1. The minimum atomic E-state index is 0.234. The van der Waals surface area contributed by atoms with Gasteiger partial charge in [0.2, 0.25) is 0 Å². The maximum atomic E-state index is 5.78. The van der Waals surface area contributed by atoms with Gasteiger partial charge in [0.15, 0.2) is 5.75 Å². The molecule has 0 amide bonds. The fourth-order valence-corrected chi connectivity index (χ4v) is 1.77. The highest BCUT2D eigenvalue weighted by atomic mass is 32.1. The Morgan fingerprint density at radius 2 is 2.17 bits per heavy atom. The first kappa shape index (κ1) is 12.5. The number of benzene rings is 1. The van der Waals surface area contributed by atoms with Gasteiger partial charge in [-0.3, -0.25) is 0 Å². The molecule has 0 spiro atoms. The van der Waals surface area contributed by atoms with Crippen LogP contribution in [0.5, 0.6) is 11.5 Å². The second-order valence-corrected chi connectivity index (χ2v) is 4.26. The molecule has 2 N–H and O–H groups in total. The molecular weight excluding hydrogens is 244 g/mol. The normalized spacial score (nSPS) is 10.1. The van der Waals surface area contributed by atoms with E-state index in [9.17, 15) is 0 Å². The lowest BCUT2D eigenvalue weighted by atomic mass is 10.2. The summed E-state index contributed by atoms with van der Waals surface area (Å²) in [5.41, 5.74) is 7.34. The van der Waals surface area contributed by atoms with Gasteiger partial charge in [-0.1, -0.05) is 31.3 Å². The second-order valence-electron chi connectivity index (χ2n) is 3.82. The van der Waals surface area contributed by atoms with Crippen molar-refractivity contribution in [3.8, 4) is 11.5 Å². The maximum Gasteiger partial charge on any atom is 0.156 e. The van der Waals surface area contributed by atoms with Crippen molar-refractivity contribution in [3.63, 3.8) is 0 Å². The summed E-state index contributed by atoms with van der Waals surface area (Å²) in [4.78, 5) is 4.36. The molecule has 0 unspecified atom stereocenters. The molecule has 4 heteroatoms. The molecule has 0 aliphatic heterocycles. The van der Waals surface area contributed by atoms with Crippen molar-refractivity contribution in [2.45, 2.75) is 13.3 Å². The Kier molecular flexibility index (Phi) is 3.89. The Labute approximate surface area is 112 Å². The largest absolute Gasteiger partial charge is 0.455 e. The van der Waals surface area contributed by atoms with Gasteiger partial charge in [-0.15, -0.1) is 0 Å². The summed E-state index contributed by atoms with van der Waals surface area (Å²) >= 11 is 4.95. The van der Waals surface area contributed by atoms with Gasteiger partial charge < -0.3 is 10.5 Å². The Morgan fingerprint density at radius 1 is 1.33 bits per heavy atom. The molecule has 0 saturated carbocycles. The maximum absolute atomic E-state index is 5.78. The molecule has 92 valence electrons. The molecule has 2 aromatic rings. The summed E-state index contributed by atoms with van der Waals surface area (Å²) in [6.07, 6.45) is 2.61. The third kappa shape index (κ3) is 2.84. The van der Waals surface area contributed by atoms with E-state index in [2.05, 4.69) is 18.0 Å². The van der Waals surface area contributed by atoms with Crippen molar-refractivity contribution in [1.29, 1.82) is 0 Å². The van der Waals surface area contributed by atoms with Crippen LogP contribution in [0.2, 0.25) is 0 Å². The second kappa shape index (κ2) is 5.60. The van der Waals surface area contributed by atoms with E-state index in [1.807, 2.05) is 18.2 Å². The molecule has 18 heavy (non-hydrogen) atoms. The van der Waals surface area contributed by atoms with Crippen molar-refractivity contribution >= 4 is 17.2 Å². The average Bonchev–Trinajstić information content (AvgIpc) is 2.39. The predicted molar refractivity (Wildman–Crippen MR) is 76.0 cm³/mol. The number of ether oxygens (including phenoxy) is 1. The third-order valence-corrected chi connectivity index (χ3v) is 2.73. The van der Waals surface area contributed by atoms with Crippen LogP contribution < -0.4 is 10.5 Å². The van der Waals surface area contributed by atoms with Crippen molar-refractivity contribution < 1.29 is 4.74 Å². The van der Waals surface area contributed by atoms with Crippen LogP contribution in [0.1, 0.15) is 18.2 Å². The van der Waals surface area contributed by atoms with Gasteiger partial charge in [0, 0.05) is 6.20 Å². The van der Waals surface area contributed by atoms with Crippen LogP contribution in [0, 0.1) is 0 Å². The molecule has 0 saturated heterocycles. The van der Waals surface area contributed by atoms with E-state index in [4.69, 9.17) is 22.7 Å². The highest BCUT2D eigenvalue weighted by molar-refractivity contribution is 7.80. The third-order valence-electron chi connectivity index (χ3n) is 2.54. The molecule has 0 aliphatic carbocycles. The van der Waals surface area contributed by atoms with Crippen molar-refractivity contribution in [2.24, 2.45) is 5.73 Å². The van der Waals surface area contributed by atoms with E-state index in [-0.39, 0.29) is 4.99 Å². The number of rotatable bonds is 4. The molecule has 1 aromatic carbocycles. The van der Waals surface area contributed by atoms with E-state index in [1.54, 1.807) is 18.3 Å². The molecule has 1 aromatic heterocycles. The fraction of sp³-hybridized carbons (Fsp3) is 0.143. The van der Waals surface area contributed by atoms with E-state index in [1.165, 1.54) is 5.56 Å². The van der Waals surface area contributed by atoms with Gasteiger partial charge in [-0.25, -0.2) is 4.98 Å². The molecule has 0 fully saturated rings. The van der Waals surface area contributed by atoms with E-state index in [0.717, 1.165) is 12.2 Å². The van der Waals surface area contributed by atoms with Crippen LogP contribution in [-0.2, 0) is 6.42 Å². The minimum Gasteiger partial charge on any atom is -0.455 e. The average molecular weight is 258 g/mol. The molecular formula is C14H14N2OS. The van der Waals surface area contributed by atoms with Crippen LogP contribution in [-0.4, -0.2) is 9.97 Å². The smallest absolute Gasteiger partial charge is 0.156 e. The Morgan fingerprint density at radius 3 is 2.89 bits per heavy atom. The van der Waals surface area contributed by atoms with Crippen LogP contribution in [0.4, 0.5) is 0 Å². The quantitative estimate of drug-likeness (QED) is 0.856. The Hall–Kier alpha value is -1.94. The van der Waals surface area contributed by atoms with Gasteiger partial charge in [-0.05, 0) is 36.2 Å². The number of nitrogens with two attached hydrogens (primary N) is 1. The number of pyridine rings is 1. The standard InChI is InChI=1S/C14H14N2OS/c1-2-10-5-3-6-11(9-10)17-12-7-4-8-16-13(12)14(15)18/h3-9H,2H2,1H3,(H2,15,18). The number of aromatic nitrogens is 1. The summed E-state index contributed by atoms with van der Waals surface area (Å²) in [6, 6.07) is 11.5. The van der Waals surface area contributed by atoms with Crippen molar-refractivity contribution in [1.82, 2.24) is 4.98 Å². The lowest BCUT2D eigenvalue weighted by Crippen LogP contribution is -2.12. The first-order valence-electron chi connectivity index (χ1n) is 5.72. The first-order valence-corrected chi connectivity index (χ1v) is 6.13. The minimum absolute atomic E-state index is 0.234. The summed E-state index contributed by atoms with van der Waals surface area (Å²) < 4.78 is 5.78. The Balaban J connectivity index is 2.31. The lowest BCUT2D eigenvalue weighted by Gasteiger charge is -2.09. The summed E-state index contributed by atoms with van der Waals surface area (Å²) in [6.45, 7) is 2.10. The fourth-order valence-electron chi connectivity index (χ4n) is 1.61. The molecule has 1 heterocycles. The summed E-state index contributed by atoms with van der Waals surface area (Å²) in [7, 11) is 0. The van der Waals surface area contributed by atoms with Gasteiger partial charge in [-0.2, -0.15) is 0 Å². The number of aryl methyl sites for hydroxylation is 1. The molecule has 0 radical (unpaired) electrons. The summed E-state index contributed by atoms with van der Waals surface area (Å²) in [5.74, 6) is 1.35. The topological polar surface area (TPSA) is 48.1 Å². The van der Waals surface area contributed by atoms with E-state index in [0.29, 0.717) is 11.4 Å². The molecule has 2 rings (SSSR count). The SMILES string of the molecule is CCc1cccc(Oc2cccnc2C(N)=S)c1. The number of nitrogens with zero attached hydrogens (tertiary/aromatic N) is 1. The molecule has 3 nitrogen and oxygen atoms in total. The van der Waals surface area contributed by atoms with Crippen molar-refractivity contribution in [3.05, 3.63) is 53.9 Å². The number of hydrogen-bond donors (Lipinski definition) is 1. The lowest BCUT2D eigenvalue weighted by molar-refractivity contribution is 0.478. The first-order chi connectivity index (χ1) is 8.70.